The minimum atomic E-state index is -1.35. The van der Waals surface area contributed by atoms with Gasteiger partial charge in [0.1, 0.15) is 17.9 Å². The van der Waals surface area contributed by atoms with E-state index in [9.17, 15) is 14.4 Å². The largest absolute Gasteiger partial charge is 0.480 e. The highest BCUT2D eigenvalue weighted by atomic mass is 16.6. The molecule has 1 amide bonds. The summed E-state index contributed by atoms with van der Waals surface area (Å²) in [7, 11) is 0. The molecule has 1 atom stereocenters. The Kier molecular flexibility index (Phi) is 4.90. The van der Waals surface area contributed by atoms with Crippen molar-refractivity contribution in [1.82, 2.24) is 5.32 Å². The number of rotatable bonds is 5. The van der Waals surface area contributed by atoms with Gasteiger partial charge in [-0.3, -0.25) is 9.59 Å². The minimum absolute atomic E-state index is 0.181. The Labute approximate surface area is 115 Å². The van der Waals surface area contributed by atoms with Crippen LogP contribution in [0.1, 0.15) is 37.6 Å². The lowest BCUT2D eigenvalue weighted by molar-refractivity contribution is -0.158. The van der Waals surface area contributed by atoms with Gasteiger partial charge in [0.25, 0.3) is 5.91 Å². The Balaban J connectivity index is 2.64. The molecule has 7 heteroatoms. The molecule has 0 spiro atoms. The summed E-state index contributed by atoms with van der Waals surface area (Å²) in [5, 5.41) is 11.3. The number of esters is 1. The van der Waals surface area contributed by atoms with E-state index in [2.05, 4.69) is 5.32 Å². The van der Waals surface area contributed by atoms with Crippen molar-refractivity contribution in [2.75, 3.05) is 0 Å². The number of ether oxygens (including phenoxy) is 1. The highest BCUT2D eigenvalue weighted by Gasteiger charge is 2.27. The molecule has 0 aliphatic rings. The first kappa shape index (κ1) is 15.7. The van der Waals surface area contributed by atoms with Gasteiger partial charge in [0.2, 0.25) is 0 Å². The SMILES string of the molecule is CC(C)(C)OC(=O)C[C@H](NC(=O)c1ccoc1)C(=O)O. The Morgan fingerprint density at radius 1 is 1.40 bits per heavy atom. The topological polar surface area (TPSA) is 106 Å². The third-order valence-electron chi connectivity index (χ3n) is 2.18. The van der Waals surface area contributed by atoms with E-state index in [1.807, 2.05) is 0 Å². The number of nitrogens with one attached hydrogen (secondary N) is 1. The zero-order valence-corrected chi connectivity index (χ0v) is 11.5. The van der Waals surface area contributed by atoms with Gasteiger partial charge in [-0.2, -0.15) is 0 Å². The average Bonchev–Trinajstić information content (AvgIpc) is 2.78. The van der Waals surface area contributed by atoms with Gasteiger partial charge < -0.3 is 19.6 Å². The van der Waals surface area contributed by atoms with Crippen molar-refractivity contribution >= 4 is 17.8 Å². The van der Waals surface area contributed by atoms with Gasteiger partial charge in [-0.1, -0.05) is 0 Å². The fraction of sp³-hybridized carbons (Fsp3) is 0.462. The zero-order chi connectivity index (χ0) is 15.3. The van der Waals surface area contributed by atoms with Crippen LogP contribution < -0.4 is 5.32 Å². The third-order valence-corrected chi connectivity index (χ3v) is 2.18. The monoisotopic (exact) mass is 283 g/mol. The summed E-state index contributed by atoms with van der Waals surface area (Å²) in [5.41, 5.74) is -0.533. The summed E-state index contributed by atoms with van der Waals surface area (Å²) in [6, 6.07) is 0.0362. The Morgan fingerprint density at radius 2 is 2.05 bits per heavy atom. The molecule has 110 valence electrons. The van der Waals surface area contributed by atoms with E-state index in [1.165, 1.54) is 18.6 Å². The van der Waals surface area contributed by atoms with Crippen molar-refractivity contribution in [2.45, 2.75) is 38.8 Å². The summed E-state index contributed by atoms with van der Waals surface area (Å²) < 4.78 is 9.74. The van der Waals surface area contributed by atoms with Crippen molar-refractivity contribution < 1.29 is 28.6 Å². The molecule has 7 nitrogen and oxygen atoms in total. The summed E-state index contributed by atoms with van der Waals surface area (Å²) in [6.45, 7) is 5.01. The average molecular weight is 283 g/mol. The van der Waals surface area contributed by atoms with E-state index in [1.54, 1.807) is 20.8 Å². The van der Waals surface area contributed by atoms with E-state index < -0.39 is 35.9 Å². The minimum Gasteiger partial charge on any atom is -0.480 e. The van der Waals surface area contributed by atoms with Gasteiger partial charge in [0, 0.05) is 0 Å². The molecule has 0 radical (unpaired) electrons. The standard InChI is InChI=1S/C13H17NO6/c1-13(2,3)20-10(15)6-9(12(17)18)14-11(16)8-4-5-19-7-8/h4-5,7,9H,6H2,1-3H3,(H,14,16)(H,17,18)/t9-/m0/s1. The van der Waals surface area contributed by atoms with Crippen molar-refractivity contribution in [3.8, 4) is 0 Å². The summed E-state index contributed by atoms with van der Waals surface area (Å²) >= 11 is 0. The van der Waals surface area contributed by atoms with Crippen LogP contribution in [0, 0.1) is 0 Å². The summed E-state index contributed by atoms with van der Waals surface area (Å²) in [5.74, 6) is -2.64. The highest BCUT2D eigenvalue weighted by Crippen LogP contribution is 2.10. The molecule has 0 bridgehead atoms. The number of carboxylic acids is 1. The first-order chi connectivity index (χ1) is 9.19. The lowest BCUT2D eigenvalue weighted by atomic mass is 10.1. The molecule has 0 saturated heterocycles. The van der Waals surface area contributed by atoms with Crippen LogP contribution in [0.25, 0.3) is 0 Å². The molecule has 1 aromatic rings. The molecule has 1 rings (SSSR count). The van der Waals surface area contributed by atoms with Crippen molar-refractivity contribution in [2.24, 2.45) is 0 Å². The van der Waals surface area contributed by atoms with Crippen LogP contribution in [0.2, 0.25) is 0 Å². The quantitative estimate of drug-likeness (QED) is 0.786. The molecule has 0 saturated carbocycles. The Hall–Kier alpha value is -2.31. The highest BCUT2D eigenvalue weighted by molar-refractivity contribution is 5.97. The van der Waals surface area contributed by atoms with E-state index in [-0.39, 0.29) is 5.56 Å². The number of amides is 1. The maximum atomic E-state index is 11.7. The molecule has 0 aromatic carbocycles. The number of aliphatic carboxylic acids is 1. The smallest absolute Gasteiger partial charge is 0.326 e. The summed E-state index contributed by atoms with van der Waals surface area (Å²) in [6.07, 6.45) is 2.02. The molecule has 20 heavy (non-hydrogen) atoms. The van der Waals surface area contributed by atoms with E-state index in [0.717, 1.165) is 0 Å². The number of carbonyl (C=O) groups is 3. The van der Waals surface area contributed by atoms with Crippen LogP contribution in [-0.2, 0) is 14.3 Å². The van der Waals surface area contributed by atoms with Crippen LogP contribution in [0.4, 0.5) is 0 Å². The maximum Gasteiger partial charge on any atom is 0.326 e. The van der Waals surface area contributed by atoms with Gasteiger partial charge in [0.15, 0.2) is 0 Å². The predicted molar refractivity (Wildman–Crippen MR) is 68.1 cm³/mol. The van der Waals surface area contributed by atoms with Crippen molar-refractivity contribution in [1.29, 1.82) is 0 Å². The molecular weight excluding hydrogens is 266 g/mol. The van der Waals surface area contributed by atoms with Crippen molar-refractivity contribution in [3.63, 3.8) is 0 Å². The second-order valence-corrected chi connectivity index (χ2v) is 5.17. The lowest BCUT2D eigenvalue weighted by Crippen LogP contribution is -2.43. The van der Waals surface area contributed by atoms with Crippen LogP contribution in [0.5, 0.6) is 0 Å². The summed E-state index contributed by atoms with van der Waals surface area (Å²) in [4.78, 5) is 34.3. The number of furan rings is 1. The lowest BCUT2D eigenvalue weighted by Gasteiger charge is -2.21. The number of hydrogen-bond acceptors (Lipinski definition) is 5. The molecule has 0 aliphatic carbocycles. The van der Waals surface area contributed by atoms with E-state index >= 15 is 0 Å². The fourth-order valence-electron chi connectivity index (χ4n) is 1.39. The normalized spacial score (nSPS) is 12.6. The van der Waals surface area contributed by atoms with Crippen LogP contribution in [-0.4, -0.2) is 34.6 Å². The van der Waals surface area contributed by atoms with Crippen LogP contribution in [0.3, 0.4) is 0 Å². The maximum absolute atomic E-state index is 11.7. The van der Waals surface area contributed by atoms with Gasteiger partial charge in [-0.25, -0.2) is 4.79 Å². The van der Waals surface area contributed by atoms with Gasteiger partial charge >= 0.3 is 11.9 Å². The first-order valence-electron chi connectivity index (χ1n) is 5.97. The molecule has 1 heterocycles. The number of hydrogen-bond donors (Lipinski definition) is 2. The molecule has 2 N–H and O–H groups in total. The van der Waals surface area contributed by atoms with Gasteiger partial charge in [-0.05, 0) is 26.8 Å². The molecule has 1 aromatic heterocycles. The molecule has 0 aliphatic heterocycles. The van der Waals surface area contributed by atoms with Gasteiger partial charge in [0.05, 0.1) is 18.2 Å². The first-order valence-corrected chi connectivity index (χ1v) is 5.97. The number of carbonyl (C=O) groups excluding carboxylic acids is 2. The Bertz CT molecular complexity index is 485. The van der Waals surface area contributed by atoms with Gasteiger partial charge in [-0.15, -0.1) is 0 Å². The van der Waals surface area contributed by atoms with Crippen molar-refractivity contribution in [3.05, 3.63) is 24.2 Å². The second-order valence-electron chi connectivity index (χ2n) is 5.17. The predicted octanol–water partition coefficient (Wildman–Crippen LogP) is 1.19. The van der Waals surface area contributed by atoms with Crippen LogP contribution in [0.15, 0.2) is 23.0 Å². The number of carboxylic acid groups (broad SMARTS) is 1. The molecular formula is C13H17NO6. The molecule has 0 unspecified atom stereocenters. The van der Waals surface area contributed by atoms with E-state index in [4.69, 9.17) is 14.3 Å². The zero-order valence-electron chi connectivity index (χ0n) is 11.5. The van der Waals surface area contributed by atoms with E-state index in [0.29, 0.717) is 0 Å². The van der Waals surface area contributed by atoms with Crippen LogP contribution >= 0.6 is 0 Å². The second kappa shape index (κ2) is 6.23. The fourth-order valence-corrected chi connectivity index (χ4v) is 1.39. The third kappa shape index (κ3) is 5.13. The Morgan fingerprint density at radius 3 is 2.50 bits per heavy atom. The molecule has 0 fully saturated rings.